The summed E-state index contributed by atoms with van der Waals surface area (Å²) >= 11 is 4.31. The molecule has 0 fully saturated rings. The molecule has 0 aliphatic rings. The first-order valence-corrected chi connectivity index (χ1v) is 12.4. The zero-order valence-corrected chi connectivity index (χ0v) is 19.6. The van der Waals surface area contributed by atoms with Crippen molar-refractivity contribution in [2.24, 2.45) is 0 Å². The van der Waals surface area contributed by atoms with Gasteiger partial charge in [0.1, 0.15) is 4.83 Å². The number of hydrogen-bond donors (Lipinski definition) is 1. The lowest BCUT2D eigenvalue weighted by Gasteiger charge is -2.12. The first-order chi connectivity index (χ1) is 15.0. The van der Waals surface area contributed by atoms with Gasteiger partial charge >= 0.3 is 0 Å². The number of nitrogens with zero attached hydrogens (tertiary/aromatic N) is 2. The summed E-state index contributed by atoms with van der Waals surface area (Å²) in [6, 6.07) is 9.92. The molecule has 3 heterocycles. The van der Waals surface area contributed by atoms with Crippen molar-refractivity contribution in [3.63, 3.8) is 0 Å². The molecule has 0 radical (unpaired) electrons. The predicted octanol–water partition coefficient (Wildman–Crippen LogP) is 5.72. The third kappa shape index (κ3) is 4.51. The van der Waals surface area contributed by atoms with Crippen LogP contribution in [0.1, 0.15) is 11.1 Å². The Morgan fingerprint density at radius 3 is 2.87 bits per heavy atom. The van der Waals surface area contributed by atoms with Crippen molar-refractivity contribution in [1.82, 2.24) is 9.55 Å². The summed E-state index contributed by atoms with van der Waals surface area (Å²) in [7, 11) is 0. The highest BCUT2D eigenvalue weighted by molar-refractivity contribution is 7.99. The van der Waals surface area contributed by atoms with Crippen LogP contribution in [-0.2, 0) is 11.3 Å². The van der Waals surface area contributed by atoms with Crippen LogP contribution >= 0.6 is 34.4 Å². The predicted molar refractivity (Wildman–Crippen MR) is 133 cm³/mol. The SMILES string of the molecule is C=CCn1c(SCC(=O)Nc2cc(C)ccc2C)nc2scc(-c3cccs3)c2c1=O. The number of aromatic nitrogens is 2. The molecule has 0 aliphatic carbocycles. The topological polar surface area (TPSA) is 64.0 Å². The fourth-order valence-electron chi connectivity index (χ4n) is 3.21. The second-order valence-corrected chi connectivity index (χ2v) is 9.81. The van der Waals surface area contributed by atoms with E-state index in [4.69, 9.17) is 4.98 Å². The Morgan fingerprint density at radius 1 is 1.29 bits per heavy atom. The van der Waals surface area contributed by atoms with Crippen molar-refractivity contribution in [1.29, 1.82) is 0 Å². The minimum atomic E-state index is -0.136. The maximum absolute atomic E-state index is 13.3. The van der Waals surface area contributed by atoms with Crippen LogP contribution < -0.4 is 10.9 Å². The number of rotatable bonds is 7. The Bertz CT molecular complexity index is 1320. The number of thioether (sulfide) groups is 1. The number of aryl methyl sites for hydroxylation is 2. The highest BCUT2D eigenvalue weighted by Crippen LogP contribution is 2.34. The van der Waals surface area contributed by atoms with Crippen molar-refractivity contribution in [3.8, 4) is 10.4 Å². The Kier molecular flexibility index (Phi) is 6.41. The minimum Gasteiger partial charge on any atom is -0.325 e. The Hall–Kier alpha value is -2.68. The molecule has 158 valence electrons. The van der Waals surface area contributed by atoms with E-state index in [-0.39, 0.29) is 17.2 Å². The van der Waals surface area contributed by atoms with Crippen molar-refractivity contribution >= 4 is 56.2 Å². The lowest BCUT2D eigenvalue weighted by atomic mass is 10.1. The molecule has 31 heavy (non-hydrogen) atoms. The van der Waals surface area contributed by atoms with Gasteiger partial charge < -0.3 is 5.32 Å². The summed E-state index contributed by atoms with van der Waals surface area (Å²) in [6.07, 6.45) is 1.67. The van der Waals surface area contributed by atoms with Crippen LogP contribution in [0.25, 0.3) is 20.7 Å². The highest BCUT2D eigenvalue weighted by Gasteiger charge is 2.18. The average molecular weight is 468 g/mol. The number of benzene rings is 1. The first kappa shape index (κ1) is 21.5. The van der Waals surface area contributed by atoms with E-state index in [2.05, 4.69) is 11.9 Å². The third-order valence-corrected chi connectivity index (χ3v) is 7.51. The maximum atomic E-state index is 13.3. The normalized spacial score (nSPS) is 11.0. The molecule has 8 heteroatoms. The number of carbonyl (C=O) groups excluding carboxylic acids is 1. The fourth-order valence-corrected chi connectivity index (χ4v) is 5.82. The zero-order valence-electron chi connectivity index (χ0n) is 17.2. The number of carbonyl (C=O) groups is 1. The van der Waals surface area contributed by atoms with Gasteiger partial charge in [0.05, 0.1) is 11.1 Å². The van der Waals surface area contributed by atoms with Gasteiger partial charge in [-0.05, 0) is 42.5 Å². The Labute approximate surface area is 192 Å². The number of anilines is 1. The molecule has 1 amide bonds. The average Bonchev–Trinajstić information content (AvgIpc) is 3.41. The van der Waals surface area contributed by atoms with Crippen molar-refractivity contribution in [3.05, 3.63) is 75.2 Å². The number of fused-ring (bicyclic) bond motifs is 1. The van der Waals surface area contributed by atoms with Crippen LogP contribution in [0.15, 0.2) is 63.7 Å². The molecule has 1 N–H and O–H groups in total. The van der Waals surface area contributed by atoms with E-state index in [1.54, 1.807) is 22.0 Å². The second kappa shape index (κ2) is 9.21. The summed E-state index contributed by atoms with van der Waals surface area (Å²) in [4.78, 5) is 32.3. The molecule has 4 aromatic rings. The lowest BCUT2D eigenvalue weighted by molar-refractivity contribution is -0.113. The summed E-state index contributed by atoms with van der Waals surface area (Å²) in [5.41, 5.74) is 3.70. The fraction of sp³-hybridized carbons (Fsp3) is 0.174. The molecular formula is C23H21N3O2S3. The molecule has 1 aromatic carbocycles. The number of thiophene rings is 2. The maximum Gasteiger partial charge on any atom is 0.263 e. The monoisotopic (exact) mass is 467 g/mol. The summed E-state index contributed by atoms with van der Waals surface area (Å²) in [5.74, 6) is 0.0229. The van der Waals surface area contributed by atoms with E-state index >= 15 is 0 Å². The van der Waals surface area contributed by atoms with E-state index in [0.29, 0.717) is 21.9 Å². The molecule has 0 spiro atoms. The Morgan fingerprint density at radius 2 is 2.13 bits per heavy atom. The summed E-state index contributed by atoms with van der Waals surface area (Å²) in [6.45, 7) is 8.06. The largest absolute Gasteiger partial charge is 0.325 e. The number of amides is 1. The molecule has 4 rings (SSSR count). The third-order valence-electron chi connectivity index (χ3n) is 4.76. The number of hydrogen-bond acceptors (Lipinski definition) is 6. The van der Waals surface area contributed by atoms with Crippen molar-refractivity contribution < 1.29 is 4.79 Å². The van der Waals surface area contributed by atoms with Crippen molar-refractivity contribution in [2.45, 2.75) is 25.5 Å². The molecule has 0 atom stereocenters. The number of allylic oxidation sites excluding steroid dienone is 1. The Balaban J connectivity index is 1.62. The van der Waals surface area contributed by atoms with Gasteiger partial charge in [0.25, 0.3) is 5.56 Å². The van der Waals surface area contributed by atoms with E-state index in [1.807, 2.05) is 54.9 Å². The van der Waals surface area contributed by atoms with Gasteiger partial charge in [0, 0.05) is 28.1 Å². The molecule has 0 saturated carbocycles. The van der Waals surface area contributed by atoms with E-state index < -0.39 is 0 Å². The van der Waals surface area contributed by atoms with Gasteiger partial charge in [-0.1, -0.05) is 36.0 Å². The molecule has 3 aromatic heterocycles. The molecule has 5 nitrogen and oxygen atoms in total. The van der Waals surface area contributed by atoms with Crippen molar-refractivity contribution in [2.75, 3.05) is 11.1 Å². The van der Waals surface area contributed by atoms with Gasteiger partial charge in [-0.15, -0.1) is 29.3 Å². The molecule has 0 saturated heterocycles. The summed E-state index contributed by atoms with van der Waals surface area (Å²) in [5, 5.41) is 8.07. The van der Waals surface area contributed by atoms with E-state index in [1.165, 1.54) is 23.1 Å². The standard InChI is InChI=1S/C23H21N3O2S3/c1-4-9-26-22(28)20-16(18-6-5-10-29-18)12-30-21(20)25-23(26)31-13-19(27)24-17-11-14(2)7-8-15(17)3/h4-8,10-12H,1,9,13H2,2-3H3,(H,24,27). The van der Waals surface area contributed by atoms with Crippen LogP contribution in [0.3, 0.4) is 0 Å². The zero-order chi connectivity index (χ0) is 22.0. The van der Waals surface area contributed by atoms with Crippen LogP contribution in [0, 0.1) is 13.8 Å². The van der Waals surface area contributed by atoms with Gasteiger partial charge in [0.15, 0.2) is 5.16 Å². The van der Waals surface area contributed by atoms with Crippen LogP contribution in [0.4, 0.5) is 5.69 Å². The van der Waals surface area contributed by atoms with Gasteiger partial charge in [0.2, 0.25) is 5.91 Å². The highest BCUT2D eigenvalue weighted by atomic mass is 32.2. The van der Waals surface area contributed by atoms with Gasteiger partial charge in [-0.3, -0.25) is 14.2 Å². The van der Waals surface area contributed by atoms with Gasteiger partial charge in [-0.25, -0.2) is 4.98 Å². The van der Waals surface area contributed by atoms with Crippen LogP contribution in [0.5, 0.6) is 0 Å². The smallest absolute Gasteiger partial charge is 0.263 e. The second-order valence-electron chi connectivity index (χ2n) is 7.06. The quantitative estimate of drug-likeness (QED) is 0.214. The van der Waals surface area contributed by atoms with Crippen LogP contribution in [0.2, 0.25) is 0 Å². The van der Waals surface area contributed by atoms with Crippen LogP contribution in [-0.4, -0.2) is 21.2 Å². The lowest BCUT2D eigenvalue weighted by Crippen LogP contribution is -2.23. The van der Waals surface area contributed by atoms with E-state index in [0.717, 1.165) is 27.3 Å². The summed E-state index contributed by atoms with van der Waals surface area (Å²) < 4.78 is 1.59. The molecule has 0 aliphatic heterocycles. The van der Waals surface area contributed by atoms with Gasteiger partial charge in [-0.2, -0.15) is 0 Å². The number of nitrogens with one attached hydrogen (secondary N) is 1. The molecule has 0 unspecified atom stereocenters. The molecule has 0 bridgehead atoms. The van der Waals surface area contributed by atoms with E-state index in [9.17, 15) is 9.59 Å². The molecular weight excluding hydrogens is 446 g/mol. The first-order valence-electron chi connectivity index (χ1n) is 9.64. The minimum absolute atomic E-state index is 0.105.